The van der Waals surface area contributed by atoms with Crippen molar-refractivity contribution >= 4 is 11.6 Å². The van der Waals surface area contributed by atoms with Gasteiger partial charge in [-0.2, -0.15) is 0 Å². The summed E-state index contributed by atoms with van der Waals surface area (Å²) in [6.07, 6.45) is 3.06. The number of hydrogen-bond donors (Lipinski definition) is 2. The fourth-order valence-electron chi connectivity index (χ4n) is 2.34. The van der Waals surface area contributed by atoms with Crippen LogP contribution in [-0.4, -0.2) is 15.9 Å². The third-order valence-corrected chi connectivity index (χ3v) is 3.65. The van der Waals surface area contributed by atoms with Gasteiger partial charge >= 0.3 is 0 Å². The lowest BCUT2D eigenvalue weighted by Gasteiger charge is -2.13. The van der Waals surface area contributed by atoms with Crippen LogP contribution in [0, 0.1) is 6.92 Å². The highest BCUT2D eigenvalue weighted by molar-refractivity contribution is 6.06. The van der Waals surface area contributed by atoms with E-state index >= 15 is 0 Å². The number of carbonyl (C=O) groups is 1. The molecule has 0 unspecified atom stereocenters. The van der Waals surface area contributed by atoms with E-state index in [0.29, 0.717) is 22.7 Å². The maximum absolute atomic E-state index is 13.0. The van der Waals surface area contributed by atoms with Crippen molar-refractivity contribution in [3.05, 3.63) is 82.0 Å². The van der Waals surface area contributed by atoms with Gasteiger partial charge < -0.3 is 15.0 Å². The Kier molecular flexibility index (Phi) is 5.07. The van der Waals surface area contributed by atoms with Crippen molar-refractivity contribution in [2.75, 3.05) is 5.32 Å². The van der Waals surface area contributed by atoms with E-state index in [0.717, 1.165) is 0 Å². The average Bonchev–Trinajstić information content (AvgIpc) is 2.64. The molecule has 0 fully saturated rings. The summed E-state index contributed by atoms with van der Waals surface area (Å²) in [5.74, 6) is 0.244. The van der Waals surface area contributed by atoms with Gasteiger partial charge in [-0.05, 0) is 42.8 Å². The molecule has 0 saturated heterocycles. The van der Waals surface area contributed by atoms with Crippen LogP contribution in [0.25, 0.3) is 0 Å². The molecule has 0 aliphatic carbocycles. The molecule has 0 radical (unpaired) electrons. The predicted molar refractivity (Wildman–Crippen MR) is 95.3 cm³/mol. The summed E-state index contributed by atoms with van der Waals surface area (Å²) in [6, 6.07) is 10.7. The molecule has 0 atom stereocenters. The molecule has 0 saturated carbocycles. The van der Waals surface area contributed by atoms with E-state index in [9.17, 15) is 14.0 Å². The molecule has 7 heteroatoms. The van der Waals surface area contributed by atoms with E-state index in [1.807, 2.05) is 0 Å². The van der Waals surface area contributed by atoms with Crippen molar-refractivity contribution in [1.29, 1.82) is 0 Å². The summed E-state index contributed by atoms with van der Waals surface area (Å²) in [4.78, 5) is 30.6. The molecular formula is C19H16FN3O3. The molecule has 0 aliphatic heterocycles. The number of carbonyl (C=O) groups excluding carboxylic acids is 1. The Bertz CT molecular complexity index is 1000. The summed E-state index contributed by atoms with van der Waals surface area (Å²) >= 11 is 0. The monoisotopic (exact) mass is 353 g/mol. The predicted octanol–water partition coefficient (Wildman–Crippen LogP) is 3.59. The number of alkyl halides is 1. The minimum absolute atomic E-state index is 0.156. The highest BCUT2D eigenvalue weighted by atomic mass is 19.1. The lowest BCUT2D eigenvalue weighted by atomic mass is 10.1. The molecule has 0 spiro atoms. The molecule has 0 bridgehead atoms. The summed E-state index contributed by atoms with van der Waals surface area (Å²) in [5.41, 5.74) is 1.14. The highest BCUT2D eigenvalue weighted by Gasteiger charge is 2.16. The van der Waals surface area contributed by atoms with Crippen molar-refractivity contribution in [2.24, 2.45) is 0 Å². The SMILES string of the molecule is Cc1ncccc1Oc1ccc(CF)cc1C(=O)Nc1cc[nH]c(=O)c1. The van der Waals surface area contributed by atoms with Crippen molar-refractivity contribution in [3.63, 3.8) is 0 Å². The molecule has 2 heterocycles. The summed E-state index contributed by atoms with van der Waals surface area (Å²) in [5, 5.41) is 2.61. The largest absolute Gasteiger partial charge is 0.455 e. The number of aromatic nitrogens is 2. The third-order valence-electron chi connectivity index (χ3n) is 3.65. The zero-order valence-corrected chi connectivity index (χ0v) is 14.0. The Morgan fingerprint density at radius 2 is 2.08 bits per heavy atom. The Labute approximate surface area is 148 Å². The number of aromatic amines is 1. The molecule has 6 nitrogen and oxygen atoms in total. The number of hydrogen-bond acceptors (Lipinski definition) is 4. The van der Waals surface area contributed by atoms with Gasteiger partial charge in [0.25, 0.3) is 5.91 Å². The number of rotatable bonds is 5. The molecule has 26 heavy (non-hydrogen) atoms. The maximum atomic E-state index is 13.0. The van der Waals surface area contributed by atoms with E-state index in [-0.39, 0.29) is 16.9 Å². The number of benzene rings is 1. The van der Waals surface area contributed by atoms with Crippen LogP contribution in [0.5, 0.6) is 11.5 Å². The van der Waals surface area contributed by atoms with Gasteiger partial charge in [0.15, 0.2) is 0 Å². The van der Waals surface area contributed by atoms with Crippen LogP contribution in [0.3, 0.4) is 0 Å². The number of ether oxygens (including phenoxy) is 1. The molecule has 0 aliphatic rings. The molecular weight excluding hydrogens is 337 g/mol. The number of nitrogens with zero attached hydrogens (tertiary/aromatic N) is 1. The van der Waals surface area contributed by atoms with Crippen LogP contribution in [0.1, 0.15) is 21.6 Å². The zero-order valence-electron chi connectivity index (χ0n) is 14.0. The minimum Gasteiger partial charge on any atom is -0.455 e. The topological polar surface area (TPSA) is 84.1 Å². The fraction of sp³-hybridized carbons (Fsp3) is 0.105. The van der Waals surface area contributed by atoms with Gasteiger partial charge in [0, 0.05) is 24.1 Å². The van der Waals surface area contributed by atoms with Crippen LogP contribution in [-0.2, 0) is 6.67 Å². The van der Waals surface area contributed by atoms with E-state index in [1.165, 1.54) is 24.4 Å². The van der Waals surface area contributed by atoms with Crippen molar-refractivity contribution in [2.45, 2.75) is 13.6 Å². The number of amides is 1. The number of H-pyrrole nitrogens is 1. The summed E-state index contributed by atoms with van der Waals surface area (Å²) in [6.45, 7) is 1.07. The van der Waals surface area contributed by atoms with Crippen molar-refractivity contribution in [1.82, 2.24) is 9.97 Å². The van der Waals surface area contributed by atoms with E-state index < -0.39 is 12.6 Å². The first-order chi connectivity index (χ1) is 12.6. The van der Waals surface area contributed by atoms with E-state index in [4.69, 9.17) is 4.74 Å². The first-order valence-corrected chi connectivity index (χ1v) is 7.85. The number of anilines is 1. The highest BCUT2D eigenvalue weighted by Crippen LogP contribution is 2.28. The van der Waals surface area contributed by atoms with Crippen LogP contribution in [0.15, 0.2) is 59.7 Å². The molecule has 2 aromatic heterocycles. The lowest BCUT2D eigenvalue weighted by molar-refractivity contribution is 0.102. The van der Waals surface area contributed by atoms with E-state index in [1.54, 1.807) is 37.4 Å². The second kappa shape index (κ2) is 7.60. The van der Waals surface area contributed by atoms with Crippen LogP contribution in [0.4, 0.5) is 10.1 Å². The van der Waals surface area contributed by atoms with E-state index in [2.05, 4.69) is 15.3 Å². The Hall–Kier alpha value is -3.48. The zero-order chi connectivity index (χ0) is 18.5. The first-order valence-electron chi connectivity index (χ1n) is 7.85. The second-order valence-electron chi connectivity index (χ2n) is 5.55. The fourth-order valence-corrected chi connectivity index (χ4v) is 2.34. The Morgan fingerprint density at radius 1 is 1.23 bits per heavy atom. The smallest absolute Gasteiger partial charge is 0.259 e. The number of halogens is 1. The van der Waals surface area contributed by atoms with Gasteiger partial charge in [-0.1, -0.05) is 6.07 Å². The van der Waals surface area contributed by atoms with Gasteiger partial charge in [0.2, 0.25) is 5.56 Å². The summed E-state index contributed by atoms with van der Waals surface area (Å²) in [7, 11) is 0. The standard InChI is InChI=1S/C19H16FN3O3/c1-12-16(3-2-7-21-12)26-17-5-4-13(11-20)9-15(17)19(25)23-14-6-8-22-18(24)10-14/h2-10H,11H2,1H3,(H2,22,23,24,25). The van der Waals surface area contributed by atoms with Gasteiger partial charge in [0.05, 0.1) is 11.3 Å². The number of pyridine rings is 2. The second-order valence-corrected chi connectivity index (χ2v) is 5.55. The Morgan fingerprint density at radius 3 is 2.81 bits per heavy atom. The Balaban J connectivity index is 1.94. The first kappa shape index (κ1) is 17.3. The summed E-state index contributed by atoms with van der Waals surface area (Å²) < 4.78 is 18.9. The molecule has 3 aromatic rings. The van der Waals surface area contributed by atoms with Gasteiger partial charge in [-0.3, -0.25) is 14.6 Å². The number of aryl methyl sites for hydroxylation is 1. The molecule has 2 N–H and O–H groups in total. The normalized spacial score (nSPS) is 10.4. The van der Waals surface area contributed by atoms with Gasteiger partial charge in [-0.25, -0.2) is 4.39 Å². The van der Waals surface area contributed by atoms with Crippen molar-refractivity contribution in [3.8, 4) is 11.5 Å². The van der Waals surface area contributed by atoms with Crippen LogP contribution >= 0.6 is 0 Å². The molecule has 3 rings (SSSR count). The molecule has 1 aromatic carbocycles. The van der Waals surface area contributed by atoms with Crippen molar-refractivity contribution < 1.29 is 13.9 Å². The lowest BCUT2D eigenvalue weighted by Crippen LogP contribution is -2.15. The molecule has 132 valence electrons. The average molecular weight is 353 g/mol. The van der Waals surface area contributed by atoms with Crippen LogP contribution in [0.2, 0.25) is 0 Å². The number of nitrogens with one attached hydrogen (secondary N) is 2. The minimum atomic E-state index is -0.711. The quantitative estimate of drug-likeness (QED) is 0.734. The maximum Gasteiger partial charge on any atom is 0.259 e. The van der Waals surface area contributed by atoms with Gasteiger partial charge in [0.1, 0.15) is 18.2 Å². The third kappa shape index (κ3) is 3.94. The molecule has 1 amide bonds. The van der Waals surface area contributed by atoms with Gasteiger partial charge in [-0.15, -0.1) is 0 Å². The van der Waals surface area contributed by atoms with Crippen LogP contribution < -0.4 is 15.6 Å².